The van der Waals surface area contributed by atoms with Crippen LogP contribution in [0, 0.1) is 6.92 Å². The quantitative estimate of drug-likeness (QED) is 0.312. The SMILES string of the molecule is CC.CC.CCC.Cc1ccc(-c2cccc3ccccc23)c2ccccc12. The molecule has 0 nitrogen and oxygen atoms in total. The van der Waals surface area contributed by atoms with Gasteiger partial charge in [-0.25, -0.2) is 0 Å². The number of hydrogen-bond acceptors (Lipinski definition) is 0. The van der Waals surface area contributed by atoms with Gasteiger partial charge in [0.15, 0.2) is 0 Å². The molecule has 0 saturated carbocycles. The maximum absolute atomic E-state index is 2.25. The van der Waals surface area contributed by atoms with E-state index in [1.807, 2.05) is 27.7 Å². The highest BCUT2D eigenvalue weighted by Crippen LogP contribution is 2.34. The van der Waals surface area contributed by atoms with E-state index in [2.05, 4.69) is 99.6 Å². The minimum Gasteiger partial charge on any atom is -0.0683 e. The Morgan fingerprint density at radius 1 is 0.500 bits per heavy atom. The molecule has 0 bridgehead atoms. The van der Waals surface area contributed by atoms with Crippen LogP contribution in [0.3, 0.4) is 0 Å². The van der Waals surface area contributed by atoms with Crippen molar-refractivity contribution in [3.63, 3.8) is 0 Å². The zero-order chi connectivity index (χ0) is 20.9. The van der Waals surface area contributed by atoms with Crippen molar-refractivity contribution in [1.29, 1.82) is 0 Å². The third-order valence-corrected chi connectivity index (χ3v) is 4.22. The first-order chi connectivity index (χ1) is 13.8. The first-order valence-electron chi connectivity index (χ1n) is 10.7. The van der Waals surface area contributed by atoms with Gasteiger partial charge in [0.05, 0.1) is 0 Å². The van der Waals surface area contributed by atoms with E-state index < -0.39 is 0 Å². The van der Waals surface area contributed by atoms with Gasteiger partial charge in [-0.1, -0.05) is 127 Å². The van der Waals surface area contributed by atoms with Gasteiger partial charge in [-0.15, -0.1) is 0 Å². The summed E-state index contributed by atoms with van der Waals surface area (Å²) in [5.74, 6) is 0. The zero-order valence-corrected chi connectivity index (χ0v) is 18.7. The fourth-order valence-electron chi connectivity index (χ4n) is 3.14. The van der Waals surface area contributed by atoms with Gasteiger partial charge < -0.3 is 0 Å². The van der Waals surface area contributed by atoms with Crippen LogP contribution in [0.15, 0.2) is 78.9 Å². The average Bonchev–Trinajstić information content (AvgIpc) is 2.77. The normalized spacial score (nSPS) is 9.39. The van der Waals surface area contributed by atoms with Crippen LogP contribution in [-0.4, -0.2) is 0 Å². The fourth-order valence-corrected chi connectivity index (χ4v) is 3.14. The molecule has 4 aromatic carbocycles. The molecule has 0 saturated heterocycles. The Morgan fingerprint density at radius 2 is 0.964 bits per heavy atom. The molecule has 0 atom stereocenters. The highest BCUT2D eigenvalue weighted by Gasteiger charge is 2.08. The molecular weight excluding hydrogens is 336 g/mol. The lowest BCUT2D eigenvalue weighted by Crippen LogP contribution is -1.86. The topological polar surface area (TPSA) is 0 Å². The molecule has 0 aliphatic carbocycles. The van der Waals surface area contributed by atoms with Gasteiger partial charge in [-0.05, 0) is 45.2 Å². The Bertz CT molecular complexity index is 958. The second-order valence-corrected chi connectivity index (χ2v) is 6.21. The first-order valence-corrected chi connectivity index (χ1v) is 10.7. The van der Waals surface area contributed by atoms with Crippen molar-refractivity contribution in [2.24, 2.45) is 0 Å². The van der Waals surface area contributed by atoms with Gasteiger partial charge in [0, 0.05) is 0 Å². The molecule has 0 heteroatoms. The number of rotatable bonds is 1. The molecule has 0 aliphatic heterocycles. The molecule has 0 N–H and O–H groups in total. The third-order valence-electron chi connectivity index (χ3n) is 4.22. The molecule has 0 radical (unpaired) electrons. The van der Waals surface area contributed by atoms with E-state index >= 15 is 0 Å². The second kappa shape index (κ2) is 12.7. The summed E-state index contributed by atoms with van der Waals surface area (Å²) in [6.45, 7) is 14.4. The maximum Gasteiger partial charge on any atom is -0.00990 e. The maximum atomic E-state index is 2.25. The van der Waals surface area contributed by atoms with Gasteiger partial charge in [0.2, 0.25) is 0 Å². The minimum absolute atomic E-state index is 1.25. The Morgan fingerprint density at radius 3 is 1.61 bits per heavy atom. The van der Waals surface area contributed by atoms with Crippen LogP contribution < -0.4 is 0 Å². The second-order valence-electron chi connectivity index (χ2n) is 6.21. The molecule has 0 unspecified atom stereocenters. The van der Waals surface area contributed by atoms with Crippen LogP contribution in [0.2, 0.25) is 0 Å². The van der Waals surface area contributed by atoms with Crippen LogP contribution >= 0.6 is 0 Å². The third kappa shape index (κ3) is 5.45. The van der Waals surface area contributed by atoms with E-state index in [9.17, 15) is 0 Å². The minimum atomic E-state index is 1.25. The lowest BCUT2D eigenvalue weighted by Gasteiger charge is -2.11. The molecule has 148 valence electrons. The molecule has 4 aromatic rings. The average molecular weight is 373 g/mol. The highest BCUT2D eigenvalue weighted by molar-refractivity contribution is 6.06. The number of aryl methyl sites for hydroxylation is 1. The van der Waals surface area contributed by atoms with E-state index in [0.29, 0.717) is 0 Å². The van der Waals surface area contributed by atoms with Gasteiger partial charge in [0.1, 0.15) is 0 Å². The predicted octanol–water partition coefficient (Wildman–Crippen LogP) is 9.44. The van der Waals surface area contributed by atoms with Crippen LogP contribution in [0.4, 0.5) is 0 Å². The van der Waals surface area contributed by atoms with Crippen molar-refractivity contribution in [3.8, 4) is 11.1 Å². The highest BCUT2D eigenvalue weighted by atomic mass is 14.1. The summed E-state index contributed by atoms with van der Waals surface area (Å²) in [5.41, 5.74) is 3.95. The van der Waals surface area contributed by atoms with Crippen LogP contribution in [0.1, 0.15) is 53.5 Å². The Hall–Kier alpha value is -2.60. The van der Waals surface area contributed by atoms with Crippen LogP contribution in [0.5, 0.6) is 0 Å². The molecule has 0 heterocycles. The van der Waals surface area contributed by atoms with Crippen LogP contribution in [-0.2, 0) is 0 Å². The van der Waals surface area contributed by atoms with E-state index in [0.717, 1.165) is 0 Å². The molecule has 4 rings (SSSR count). The molecule has 0 amide bonds. The molecule has 0 spiro atoms. The summed E-state index contributed by atoms with van der Waals surface area (Å²) in [6, 6.07) is 28.3. The van der Waals surface area contributed by atoms with E-state index in [1.54, 1.807) is 0 Å². The lowest BCUT2D eigenvalue weighted by atomic mass is 9.92. The summed E-state index contributed by atoms with van der Waals surface area (Å²) >= 11 is 0. The zero-order valence-electron chi connectivity index (χ0n) is 18.7. The van der Waals surface area contributed by atoms with E-state index in [4.69, 9.17) is 0 Å². The Kier molecular flexibility index (Phi) is 10.7. The smallest absolute Gasteiger partial charge is 0.00990 e. The summed E-state index contributed by atoms with van der Waals surface area (Å²) in [7, 11) is 0. The lowest BCUT2D eigenvalue weighted by molar-refractivity contribution is 1.09. The Labute approximate surface area is 172 Å². The van der Waals surface area contributed by atoms with Crippen molar-refractivity contribution in [1.82, 2.24) is 0 Å². The van der Waals surface area contributed by atoms with E-state index in [-0.39, 0.29) is 0 Å². The van der Waals surface area contributed by atoms with Crippen molar-refractivity contribution < 1.29 is 0 Å². The van der Waals surface area contributed by atoms with Gasteiger partial charge >= 0.3 is 0 Å². The molecule has 0 aromatic heterocycles. The number of benzene rings is 4. The monoisotopic (exact) mass is 372 g/mol. The van der Waals surface area contributed by atoms with Crippen molar-refractivity contribution in [2.75, 3.05) is 0 Å². The van der Waals surface area contributed by atoms with Gasteiger partial charge in [-0.2, -0.15) is 0 Å². The van der Waals surface area contributed by atoms with Crippen molar-refractivity contribution >= 4 is 21.5 Å². The van der Waals surface area contributed by atoms with Crippen molar-refractivity contribution in [2.45, 2.75) is 54.9 Å². The molecule has 28 heavy (non-hydrogen) atoms. The summed E-state index contributed by atoms with van der Waals surface area (Å²) < 4.78 is 0. The van der Waals surface area contributed by atoms with Crippen molar-refractivity contribution in [3.05, 3.63) is 84.4 Å². The summed E-state index contributed by atoms with van der Waals surface area (Å²) in [5, 5.41) is 5.27. The summed E-state index contributed by atoms with van der Waals surface area (Å²) in [4.78, 5) is 0. The summed E-state index contributed by atoms with van der Waals surface area (Å²) in [6.07, 6.45) is 1.25. The van der Waals surface area contributed by atoms with Gasteiger partial charge in [-0.3, -0.25) is 0 Å². The molecule has 0 aliphatic rings. The van der Waals surface area contributed by atoms with Crippen LogP contribution in [0.25, 0.3) is 32.7 Å². The predicted molar refractivity (Wildman–Crippen MR) is 130 cm³/mol. The number of hydrogen-bond donors (Lipinski definition) is 0. The number of fused-ring (bicyclic) bond motifs is 2. The molecule has 0 fully saturated rings. The largest absolute Gasteiger partial charge is 0.0683 e. The van der Waals surface area contributed by atoms with E-state index in [1.165, 1.54) is 44.7 Å². The Balaban J connectivity index is 0.000000502. The van der Waals surface area contributed by atoms with Gasteiger partial charge in [0.25, 0.3) is 0 Å². The fraction of sp³-hybridized carbons (Fsp3) is 0.286. The standard InChI is InChI=1S/C21H16.C3H8.2C2H6/c1-15-13-14-21(19-11-5-4-9-17(15)19)20-12-6-8-16-7-2-3-10-18(16)20;1-3-2;2*1-2/h2-14H,1H3;3H2,1-2H3;2*1-2H3. The molecular formula is C28H36. The first kappa shape index (κ1) is 23.4.